The van der Waals surface area contributed by atoms with Crippen LogP contribution in [0.2, 0.25) is 0 Å². The Morgan fingerprint density at radius 1 is 1.55 bits per heavy atom. The molecule has 120 valence electrons. The van der Waals surface area contributed by atoms with Gasteiger partial charge in [-0.05, 0) is 17.7 Å². The first-order chi connectivity index (χ1) is 10.5. The minimum absolute atomic E-state index is 0.176. The molecule has 1 aromatic rings. The number of hydrogen-bond donors (Lipinski definition) is 1. The third-order valence-corrected chi connectivity index (χ3v) is 3.54. The van der Waals surface area contributed by atoms with E-state index in [0.29, 0.717) is 18.7 Å². The molecule has 0 aromatic heterocycles. The maximum absolute atomic E-state index is 13.5. The Morgan fingerprint density at radius 3 is 3.00 bits per heavy atom. The summed E-state index contributed by atoms with van der Waals surface area (Å²) in [5.74, 6) is -1.04. The molecule has 1 aliphatic rings. The van der Waals surface area contributed by atoms with Gasteiger partial charge in [0.05, 0.1) is 12.6 Å². The van der Waals surface area contributed by atoms with Gasteiger partial charge in [0.25, 0.3) is 5.91 Å². The number of likely N-dealkylation sites (N-methyl/N-ethyl adjacent to an activating group) is 1. The second-order valence-corrected chi connectivity index (χ2v) is 5.02. The van der Waals surface area contributed by atoms with Gasteiger partial charge in [0, 0.05) is 20.7 Å². The molecular weight excluding hydrogens is 291 g/mol. The van der Waals surface area contributed by atoms with E-state index in [1.807, 2.05) is 0 Å². The van der Waals surface area contributed by atoms with E-state index in [9.17, 15) is 14.0 Å². The number of carbonyl (C=O) groups is 2. The van der Waals surface area contributed by atoms with Crippen LogP contribution in [0.3, 0.4) is 0 Å². The van der Waals surface area contributed by atoms with Gasteiger partial charge in [0.15, 0.2) is 6.10 Å². The Balaban J connectivity index is 2.22. The fraction of sp³-hybridized carbons (Fsp3) is 0.467. The summed E-state index contributed by atoms with van der Waals surface area (Å²) in [7, 11) is 3.11. The average molecular weight is 310 g/mol. The van der Waals surface area contributed by atoms with Crippen molar-refractivity contribution in [1.82, 2.24) is 10.2 Å². The molecule has 1 aliphatic heterocycles. The van der Waals surface area contributed by atoms with Gasteiger partial charge in [0.2, 0.25) is 5.91 Å². The number of morpholine rings is 1. The Bertz CT molecular complexity index is 552. The molecule has 1 saturated heterocycles. The number of hydrogen-bond acceptors (Lipinski definition) is 4. The normalized spacial score (nSPS) is 21.8. The van der Waals surface area contributed by atoms with Crippen LogP contribution in [0.25, 0.3) is 0 Å². The summed E-state index contributed by atoms with van der Waals surface area (Å²) in [6.07, 6.45) is -0.888. The zero-order valence-corrected chi connectivity index (χ0v) is 12.5. The largest absolute Gasteiger partial charge is 0.383 e. The van der Waals surface area contributed by atoms with Gasteiger partial charge in [-0.1, -0.05) is 12.1 Å². The summed E-state index contributed by atoms with van der Waals surface area (Å²) >= 11 is 0. The topological polar surface area (TPSA) is 67.9 Å². The van der Waals surface area contributed by atoms with Crippen molar-refractivity contribution in [3.8, 4) is 0 Å². The maximum Gasteiger partial charge on any atom is 0.251 e. The smallest absolute Gasteiger partial charge is 0.251 e. The molecule has 2 rings (SSSR count). The average Bonchev–Trinajstić information content (AvgIpc) is 2.50. The number of carbonyl (C=O) groups excluding carboxylic acids is 2. The lowest BCUT2D eigenvalue weighted by atomic mass is 9.97. The van der Waals surface area contributed by atoms with Crippen molar-refractivity contribution in [1.29, 1.82) is 0 Å². The number of methoxy groups -OCH3 is 1. The molecule has 1 fully saturated rings. The highest BCUT2D eigenvalue weighted by Crippen LogP contribution is 2.29. The summed E-state index contributed by atoms with van der Waals surface area (Å²) in [4.78, 5) is 25.5. The molecule has 1 N–H and O–H groups in total. The van der Waals surface area contributed by atoms with E-state index in [2.05, 4.69) is 5.32 Å². The molecule has 0 radical (unpaired) electrons. The monoisotopic (exact) mass is 310 g/mol. The van der Waals surface area contributed by atoms with Gasteiger partial charge in [-0.3, -0.25) is 9.59 Å². The Morgan fingerprint density at radius 2 is 2.32 bits per heavy atom. The fourth-order valence-corrected chi connectivity index (χ4v) is 2.40. The number of nitrogens with one attached hydrogen (secondary N) is 1. The van der Waals surface area contributed by atoms with E-state index in [0.717, 1.165) is 0 Å². The quantitative estimate of drug-likeness (QED) is 0.804. The van der Waals surface area contributed by atoms with Crippen molar-refractivity contribution in [2.45, 2.75) is 12.1 Å². The fourth-order valence-electron chi connectivity index (χ4n) is 2.40. The van der Waals surface area contributed by atoms with Crippen molar-refractivity contribution >= 4 is 11.8 Å². The zero-order valence-electron chi connectivity index (χ0n) is 12.5. The van der Waals surface area contributed by atoms with Crippen LogP contribution in [0.5, 0.6) is 0 Å². The third-order valence-electron chi connectivity index (χ3n) is 3.54. The molecule has 1 aromatic carbocycles. The van der Waals surface area contributed by atoms with Crippen LogP contribution in [0.15, 0.2) is 24.3 Å². The van der Waals surface area contributed by atoms with Crippen LogP contribution in [0, 0.1) is 5.82 Å². The van der Waals surface area contributed by atoms with Gasteiger partial charge in [-0.15, -0.1) is 0 Å². The third kappa shape index (κ3) is 3.61. The predicted octanol–water partition coefficient (Wildman–Crippen LogP) is 0.487. The van der Waals surface area contributed by atoms with Crippen LogP contribution < -0.4 is 5.32 Å². The molecule has 22 heavy (non-hydrogen) atoms. The second kappa shape index (κ2) is 7.33. The summed E-state index contributed by atoms with van der Waals surface area (Å²) in [6.45, 7) is 0.533. The highest BCUT2D eigenvalue weighted by atomic mass is 19.1. The van der Waals surface area contributed by atoms with E-state index in [1.54, 1.807) is 13.1 Å². The predicted molar refractivity (Wildman–Crippen MR) is 76.5 cm³/mol. The molecule has 0 bridgehead atoms. The van der Waals surface area contributed by atoms with Crippen LogP contribution in [-0.2, 0) is 19.1 Å². The molecule has 0 saturated carbocycles. The summed E-state index contributed by atoms with van der Waals surface area (Å²) in [5.41, 5.74) is 0.516. The van der Waals surface area contributed by atoms with Crippen LogP contribution >= 0.6 is 0 Å². The lowest BCUT2D eigenvalue weighted by molar-refractivity contribution is -0.162. The van der Waals surface area contributed by atoms with Crippen molar-refractivity contribution < 1.29 is 23.5 Å². The van der Waals surface area contributed by atoms with Crippen molar-refractivity contribution in [2.75, 3.05) is 33.9 Å². The van der Waals surface area contributed by atoms with Gasteiger partial charge in [-0.25, -0.2) is 4.39 Å². The molecule has 2 amide bonds. The van der Waals surface area contributed by atoms with E-state index < -0.39 is 18.0 Å². The number of amides is 2. The van der Waals surface area contributed by atoms with E-state index in [1.165, 1.54) is 30.2 Å². The summed E-state index contributed by atoms with van der Waals surface area (Å²) < 4.78 is 23.7. The molecular formula is C15H19FN2O4. The highest BCUT2D eigenvalue weighted by molar-refractivity contribution is 5.86. The zero-order chi connectivity index (χ0) is 16.1. The van der Waals surface area contributed by atoms with Gasteiger partial charge >= 0.3 is 0 Å². The van der Waals surface area contributed by atoms with Crippen LogP contribution in [0.1, 0.15) is 11.6 Å². The molecule has 2 atom stereocenters. The maximum atomic E-state index is 13.5. The number of benzene rings is 1. The second-order valence-electron chi connectivity index (χ2n) is 5.02. The van der Waals surface area contributed by atoms with E-state index >= 15 is 0 Å². The lowest BCUT2D eigenvalue weighted by Crippen LogP contribution is -2.53. The van der Waals surface area contributed by atoms with Crippen molar-refractivity contribution in [2.24, 2.45) is 0 Å². The lowest BCUT2D eigenvalue weighted by Gasteiger charge is -2.38. The first-order valence-electron chi connectivity index (χ1n) is 6.94. The molecule has 7 heteroatoms. The number of halogens is 1. The minimum atomic E-state index is -0.888. The van der Waals surface area contributed by atoms with Gasteiger partial charge in [-0.2, -0.15) is 0 Å². The molecule has 0 spiro atoms. The highest BCUT2D eigenvalue weighted by Gasteiger charge is 2.39. The molecule has 1 heterocycles. The Labute approximate surface area is 128 Å². The van der Waals surface area contributed by atoms with Crippen molar-refractivity contribution in [3.05, 3.63) is 35.6 Å². The number of nitrogens with zero attached hydrogens (tertiary/aromatic N) is 1. The SMILES string of the molecule is COCCNC(=O)[C@H]1OCC(=O)N(C)[C@@H]1c1cccc(F)c1. The number of ether oxygens (including phenoxy) is 2. The molecule has 0 aliphatic carbocycles. The summed E-state index contributed by atoms with van der Waals surface area (Å²) in [6, 6.07) is 5.15. The van der Waals surface area contributed by atoms with Crippen molar-refractivity contribution in [3.63, 3.8) is 0 Å². The Kier molecular flexibility index (Phi) is 5.46. The first-order valence-corrected chi connectivity index (χ1v) is 6.94. The molecule has 6 nitrogen and oxygen atoms in total. The van der Waals surface area contributed by atoms with Crippen LogP contribution in [0.4, 0.5) is 4.39 Å². The van der Waals surface area contributed by atoms with E-state index in [4.69, 9.17) is 9.47 Å². The van der Waals surface area contributed by atoms with E-state index in [-0.39, 0.29) is 18.4 Å². The van der Waals surface area contributed by atoms with Gasteiger partial charge in [0.1, 0.15) is 12.4 Å². The minimum Gasteiger partial charge on any atom is -0.383 e. The summed E-state index contributed by atoms with van der Waals surface area (Å²) in [5, 5.41) is 2.68. The Hall–Kier alpha value is -1.99. The van der Waals surface area contributed by atoms with Crippen LogP contribution in [-0.4, -0.2) is 56.7 Å². The molecule has 0 unspecified atom stereocenters. The number of rotatable bonds is 5. The standard InChI is InChI=1S/C15H19FN2O4/c1-18-12(19)9-22-14(15(20)17-6-7-21-2)13(18)10-4-3-5-11(16)8-10/h3-5,8,13-14H,6-7,9H2,1-2H3,(H,17,20)/t13-,14+/m1/s1. The van der Waals surface area contributed by atoms with Gasteiger partial charge < -0.3 is 19.7 Å². The first kappa shape index (κ1) is 16.4.